The highest BCUT2D eigenvalue weighted by Gasteiger charge is 2.22. The smallest absolute Gasteiger partial charge is 0.225 e. The first kappa shape index (κ1) is 41.9. The van der Waals surface area contributed by atoms with Crippen molar-refractivity contribution in [1.82, 2.24) is 51.1 Å². The summed E-state index contributed by atoms with van der Waals surface area (Å²) in [6.45, 7) is 19.6. The molecule has 4 aliphatic heterocycles. The highest BCUT2D eigenvalue weighted by molar-refractivity contribution is 5.34. The van der Waals surface area contributed by atoms with E-state index < -0.39 is 0 Å². The molecule has 4 aliphatic rings. The van der Waals surface area contributed by atoms with Gasteiger partial charge in [-0.05, 0) is 122 Å². The molecule has 51 heavy (non-hydrogen) atoms. The Bertz CT molecular complexity index is 1120. The molecule has 0 atom stereocenters. The topological polar surface area (TPSA) is 143 Å². The summed E-state index contributed by atoms with van der Waals surface area (Å²) in [6, 6.07) is 10.8. The van der Waals surface area contributed by atoms with Crippen molar-refractivity contribution in [2.24, 2.45) is 5.92 Å². The van der Waals surface area contributed by atoms with Gasteiger partial charge in [0.2, 0.25) is 11.9 Å². The lowest BCUT2D eigenvalue weighted by atomic mass is 9.97. The van der Waals surface area contributed by atoms with Gasteiger partial charge in [-0.3, -0.25) is 4.90 Å². The Morgan fingerprint density at radius 1 is 0.627 bits per heavy atom. The van der Waals surface area contributed by atoms with Crippen LogP contribution in [0.4, 0.5) is 17.7 Å². The molecule has 0 unspecified atom stereocenters. The monoisotopic (exact) mass is 706 g/mol. The second-order valence-electron chi connectivity index (χ2n) is 12.9. The fourth-order valence-corrected chi connectivity index (χ4v) is 6.16. The van der Waals surface area contributed by atoms with Gasteiger partial charge in [-0.15, -0.1) is 0 Å². The van der Waals surface area contributed by atoms with E-state index in [9.17, 15) is 0 Å². The number of nitrogens with zero attached hydrogens (tertiary/aromatic N) is 7. The van der Waals surface area contributed by atoms with E-state index in [4.69, 9.17) is 0 Å². The molecule has 7 heterocycles. The molecule has 0 radical (unpaired) electrons. The zero-order chi connectivity index (χ0) is 36.2. The van der Waals surface area contributed by atoms with Crippen molar-refractivity contribution in [3.63, 3.8) is 0 Å². The summed E-state index contributed by atoms with van der Waals surface area (Å²) in [6.07, 6.45) is 16.3. The van der Waals surface area contributed by atoms with Gasteiger partial charge in [-0.2, -0.15) is 0 Å². The number of nitrogens with one attached hydrogen (secondary N) is 6. The average molecular weight is 706 g/mol. The van der Waals surface area contributed by atoms with Crippen molar-refractivity contribution in [3.05, 3.63) is 61.3 Å². The number of hydrogen-bond donors (Lipinski definition) is 6. The second-order valence-corrected chi connectivity index (χ2v) is 12.9. The summed E-state index contributed by atoms with van der Waals surface area (Å²) in [7, 11) is 1.93. The Morgan fingerprint density at radius 2 is 1.12 bits per heavy atom. The standard InChI is InChI=1S/C14H23N5.C10H15N3.C9H14N4.C3H9N.C2H6/c1-4-16-14(17-5-1)19-10-8-18(9-11-19)12-13-2-6-15-7-3-13;1-2-6-12-10(3-1)13-9-4-7-11-8-5-9;1-4-11-9(12-5-1)13-8-2-6-10-7-3-8;1-3-4-2;1-2/h1,4-5,13,15H,2-3,6-12H2;1-3,6,9,11H,4-5,7-8H2,(H,12,13);1,4-5,8,10H,2-3,6-7H2,(H,11,12,13);4H,3H2,1-2H3;1-2H3. The highest BCUT2D eigenvalue weighted by Crippen LogP contribution is 2.16. The maximum Gasteiger partial charge on any atom is 0.225 e. The fraction of sp³-hybridized carbons (Fsp3) is 0.658. The van der Waals surface area contributed by atoms with Crippen molar-refractivity contribution >= 4 is 17.7 Å². The molecule has 4 saturated heterocycles. The molecule has 3 aromatic heterocycles. The minimum absolute atomic E-state index is 0.531. The maximum atomic E-state index is 4.33. The van der Waals surface area contributed by atoms with E-state index in [0.717, 1.165) is 95.4 Å². The number of piperazine rings is 1. The van der Waals surface area contributed by atoms with E-state index in [1.807, 2.05) is 69.8 Å². The molecule has 0 saturated carbocycles. The van der Waals surface area contributed by atoms with Gasteiger partial charge in [-0.1, -0.05) is 26.8 Å². The van der Waals surface area contributed by atoms with Crippen LogP contribution in [0.25, 0.3) is 0 Å². The quantitative estimate of drug-likeness (QED) is 0.203. The number of pyridine rings is 1. The Kier molecular flexibility index (Phi) is 22.4. The normalized spacial score (nSPS) is 18.5. The maximum absolute atomic E-state index is 4.33. The molecule has 13 nitrogen and oxygen atoms in total. The first-order valence-corrected chi connectivity index (χ1v) is 19.5. The number of hydrogen-bond acceptors (Lipinski definition) is 13. The second kappa shape index (κ2) is 27.2. The third-order valence-corrected chi connectivity index (χ3v) is 9.13. The van der Waals surface area contributed by atoms with Crippen LogP contribution in [0.2, 0.25) is 0 Å². The van der Waals surface area contributed by atoms with Crippen LogP contribution in [0, 0.1) is 5.92 Å². The summed E-state index contributed by atoms with van der Waals surface area (Å²) in [4.78, 5) is 26.1. The number of rotatable bonds is 8. The molecular weight excluding hydrogens is 639 g/mol. The van der Waals surface area contributed by atoms with Crippen LogP contribution in [-0.4, -0.2) is 127 Å². The molecule has 3 aromatic rings. The van der Waals surface area contributed by atoms with Crippen LogP contribution >= 0.6 is 0 Å². The third kappa shape index (κ3) is 18.0. The largest absolute Gasteiger partial charge is 0.367 e. The van der Waals surface area contributed by atoms with Crippen LogP contribution in [0.15, 0.2) is 61.3 Å². The molecule has 7 rings (SSSR count). The van der Waals surface area contributed by atoms with Crippen molar-refractivity contribution in [1.29, 1.82) is 0 Å². The van der Waals surface area contributed by atoms with E-state index in [1.165, 1.54) is 45.3 Å². The number of piperidine rings is 3. The Hall–Kier alpha value is -3.49. The molecule has 0 bridgehead atoms. The Morgan fingerprint density at radius 3 is 1.63 bits per heavy atom. The van der Waals surface area contributed by atoms with Crippen molar-refractivity contribution in [2.45, 2.75) is 71.4 Å². The molecule has 0 spiro atoms. The molecule has 0 amide bonds. The van der Waals surface area contributed by atoms with Gasteiger partial charge < -0.3 is 36.8 Å². The van der Waals surface area contributed by atoms with Gasteiger partial charge in [0.25, 0.3) is 0 Å². The van der Waals surface area contributed by atoms with E-state index in [2.05, 4.69) is 73.5 Å². The van der Waals surface area contributed by atoms with Crippen molar-refractivity contribution < 1.29 is 0 Å². The lowest BCUT2D eigenvalue weighted by Crippen LogP contribution is -2.49. The van der Waals surface area contributed by atoms with Gasteiger partial charge in [0, 0.05) is 75.8 Å². The Labute approximate surface area is 308 Å². The SMILES string of the molecule is CC.CCNC.c1ccc(NC2CCNCC2)nc1.c1cnc(N2CCN(CC3CCNCC3)CC2)nc1.c1cnc(NC2CCNCC2)nc1. The molecular formula is C38H67N13. The minimum atomic E-state index is 0.531. The summed E-state index contributed by atoms with van der Waals surface area (Å²) < 4.78 is 0. The molecule has 0 aliphatic carbocycles. The van der Waals surface area contributed by atoms with Crippen LogP contribution in [0.5, 0.6) is 0 Å². The van der Waals surface area contributed by atoms with Gasteiger partial charge in [0.1, 0.15) is 5.82 Å². The molecule has 13 heteroatoms. The van der Waals surface area contributed by atoms with Crippen molar-refractivity contribution in [2.75, 3.05) is 101 Å². The summed E-state index contributed by atoms with van der Waals surface area (Å²) in [5, 5.41) is 19.8. The third-order valence-electron chi connectivity index (χ3n) is 9.13. The fourth-order valence-electron chi connectivity index (χ4n) is 6.16. The van der Waals surface area contributed by atoms with Crippen LogP contribution in [0.3, 0.4) is 0 Å². The Balaban J connectivity index is 0.000000196. The molecule has 284 valence electrons. The van der Waals surface area contributed by atoms with Crippen LogP contribution in [0.1, 0.15) is 59.3 Å². The predicted molar refractivity (Wildman–Crippen MR) is 213 cm³/mol. The number of aromatic nitrogens is 5. The van der Waals surface area contributed by atoms with Gasteiger partial charge in [0.05, 0.1) is 0 Å². The van der Waals surface area contributed by atoms with Crippen molar-refractivity contribution in [3.8, 4) is 0 Å². The highest BCUT2D eigenvalue weighted by atomic mass is 15.3. The van der Waals surface area contributed by atoms with E-state index in [0.29, 0.717) is 12.1 Å². The molecule has 0 aromatic carbocycles. The minimum Gasteiger partial charge on any atom is -0.367 e. The van der Waals surface area contributed by atoms with Crippen LogP contribution < -0.4 is 36.8 Å². The summed E-state index contributed by atoms with van der Waals surface area (Å²) >= 11 is 0. The lowest BCUT2D eigenvalue weighted by Gasteiger charge is -2.37. The van der Waals surface area contributed by atoms with E-state index in [-0.39, 0.29) is 0 Å². The zero-order valence-electron chi connectivity index (χ0n) is 31.9. The van der Waals surface area contributed by atoms with E-state index >= 15 is 0 Å². The number of anilines is 3. The van der Waals surface area contributed by atoms with E-state index in [1.54, 1.807) is 12.4 Å². The predicted octanol–water partition coefficient (Wildman–Crippen LogP) is 3.74. The first-order valence-electron chi connectivity index (χ1n) is 19.5. The average Bonchev–Trinajstić information content (AvgIpc) is 3.22. The van der Waals surface area contributed by atoms with Gasteiger partial charge in [-0.25, -0.2) is 24.9 Å². The molecule has 4 fully saturated rings. The summed E-state index contributed by atoms with van der Waals surface area (Å²) in [5.41, 5.74) is 0. The summed E-state index contributed by atoms with van der Waals surface area (Å²) in [5.74, 6) is 3.51. The molecule has 6 N–H and O–H groups in total. The van der Waals surface area contributed by atoms with Crippen LogP contribution in [-0.2, 0) is 0 Å². The first-order chi connectivity index (χ1) is 25.2. The van der Waals surface area contributed by atoms with Gasteiger partial charge in [0.15, 0.2) is 0 Å². The van der Waals surface area contributed by atoms with Gasteiger partial charge >= 0.3 is 0 Å². The lowest BCUT2D eigenvalue weighted by molar-refractivity contribution is 0.196. The zero-order valence-corrected chi connectivity index (χ0v) is 31.9.